The van der Waals surface area contributed by atoms with E-state index in [0.717, 1.165) is 31.2 Å². The minimum Gasteiger partial charge on any atom is -0.375 e. The van der Waals surface area contributed by atoms with Crippen LogP contribution in [0.3, 0.4) is 0 Å². The molecule has 3 aromatic rings. The molecule has 1 aliphatic carbocycles. The summed E-state index contributed by atoms with van der Waals surface area (Å²) in [7, 11) is 0. The van der Waals surface area contributed by atoms with Crippen molar-refractivity contribution in [2.45, 2.75) is 32.6 Å². The van der Waals surface area contributed by atoms with Crippen LogP contribution in [0.2, 0.25) is 0 Å². The average Bonchev–Trinajstić information content (AvgIpc) is 3.44. The molecule has 1 fully saturated rings. The molecular weight excluding hydrogens is 406 g/mol. The van der Waals surface area contributed by atoms with Crippen LogP contribution >= 0.6 is 22.7 Å². The van der Waals surface area contributed by atoms with E-state index >= 15 is 0 Å². The largest absolute Gasteiger partial charge is 0.375 e. The molecule has 0 aliphatic heterocycles. The number of nitrogens with one attached hydrogen (secondary N) is 2. The summed E-state index contributed by atoms with van der Waals surface area (Å²) in [5, 5.41) is 10.1. The fraction of sp³-hybridized carbons (Fsp3) is 0.300. The zero-order chi connectivity index (χ0) is 20.4. The molecule has 1 aliphatic rings. The lowest BCUT2D eigenvalue weighted by molar-refractivity contribution is 0.0923. The number of nitrogens with two attached hydrogens (primary N) is 1. The lowest BCUT2D eigenvalue weighted by Gasteiger charge is -2.14. The van der Waals surface area contributed by atoms with Gasteiger partial charge in [-0.05, 0) is 31.9 Å². The van der Waals surface area contributed by atoms with Crippen LogP contribution in [0.25, 0.3) is 11.4 Å². The second-order valence-electron chi connectivity index (χ2n) is 7.08. The van der Waals surface area contributed by atoms with Crippen molar-refractivity contribution in [3.05, 3.63) is 40.1 Å². The SMILES string of the molecule is Cc1ccc(NC(=O)Nc2nc(-c3csc(N)n3)cs2)c(C(=O)C2CCCC2)c1. The van der Waals surface area contributed by atoms with Gasteiger partial charge in [-0.2, -0.15) is 0 Å². The number of anilines is 3. The van der Waals surface area contributed by atoms with Crippen molar-refractivity contribution in [2.75, 3.05) is 16.4 Å². The van der Waals surface area contributed by atoms with E-state index in [4.69, 9.17) is 5.73 Å². The maximum Gasteiger partial charge on any atom is 0.325 e. The highest BCUT2D eigenvalue weighted by atomic mass is 32.1. The number of amides is 2. The van der Waals surface area contributed by atoms with Crippen molar-refractivity contribution >= 4 is 50.4 Å². The minimum atomic E-state index is -0.437. The first-order valence-corrected chi connectivity index (χ1v) is 11.2. The topological polar surface area (TPSA) is 110 Å². The first kappa shape index (κ1) is 19.5. The number of urea groups is 1. The number of aromatic nitrogens is 2. The number of ketones is 1. The quantitative estimate of drug-likeness (QED) is 0.486. The van der Waals surface area contributed by atoms with E-state index < -0.39 is 6.03 Å². The maximum absolute atomic E-state index is 12.9. The van der Waals surface area contributed by atoms with Crippen molar-refractivity contribution in [1.82, 2.24) is 9.97 Å². The van der Waals surface area contributed by atoms with Gasteiger partial charge in [0, 0.05) is 22.2 Å². The van der Waals surface area contributed by atoms with E-state index in [2.05, 4.69) is 20.6 Å². The molecule has 0 unspecified atom stereocenters. The Kier molecular flexibility index (Phi) is 5.59. The van der Waals surface area contributed by atoms with Crippen LogP contribution in [0, 0.1) is 12.8 Å². The molecule has 9 heteroatoms. The van der Waals surface area contributed by atoms with E-state index in [-0.39, 0.29) is 11.7 Å². The number of rotatable bonds is 5. The summed E-state index contributed by atoms with van der Waals surface area (Å²) in [5.74, 6) is 0.159. The molecule has 1 aromatic carbocycles. The standard InChI is InChI=1S/C20H21N5O2S2/c1-11-6-7-14(13(8-11)17(26)12-4-2-3-5-12)23-19(27)25-20-24-16(10-29-20)15-9-28-18(21)22-15/h6-10,12H,2-5H2,1H3,(H2,21,22)(H2,23,24,25,27). The normalized spacial score (nSPS) is 14.1. The Morgan fingerprint density at radius 1 is 1.07 bits per heavy atom. The number of benzene rings is 1. The predicted octanol–water partition coefficient (Wildman–Crippen LogP) is 5.17. The molecule has 150 valence electrons. The van der Waals surface area contributed by atoms with Crippen LogP contribution in [-0.2, 0) is 0 Å². The Labute approximate surface area is 176 Å². The van der Waals surface area contributed by atoms with Gasteiger partial charge in [-0.3, -0.25) is 10.1 Å². The third-order valence-electron chi connectivity index (χ3n) is 4.92. The fourth-order valence-corrected chi connectivity index (χ4v) is 4.74. The first-order chi connectivity index (χ1) is 14.0. The lowest BCUT2D eigenvalue weighted by Crippen LogP contribution is -2.22. The third-order valence-corrected chi connectivity index (χ3v) is 6.36. The van der Waals surface area contributed by atoms with Gasteiger partial charge in [0.15, 0.2) is 16.0 Å². The number of hydrogen-bond acceptors (Lipinski definition) is 7. The Hall–Kier alpha value is -2.78. The lowest BCUT2D eigenvalue weighted by atomic mass is 9.94. The first-order valence-electron chi connectivity index (χ1n) is 9.39. The van der Waals surface area contributed by atoms with Gasteiger partial charge in [0.1, 0.15) is 11.4 Å². The van der Waals surface area contributed by atoms with Crippen LogP contribution in [0.15, 0.2) is 29.0 Å². The van der Waals surface area contributed by atoms with Gasteiger partial charge in [-0.25, -0.2) is 14.8 Å². The predicted molar refractivity (Wildman–Crippen MR) is 118 cm³/mol. The molecule has 4 N–H and O–H groups in total. The van der Waals surface area contributed by atoms with Crippen molar-refractivity contribution in [3.63, 3.8) is 0 Å². The second kappa shape index (κ2) is 8.30. The number of hydrogen-bond donors (Lipinski definition) is 3. The molecule has 0 atom stereocenters. The number of carbonyl (C=O) groups is 2. The summed E-state index contributed by atoms with van der Waals surface area (Å²) in [4.78, 5) is 34.0. The average molecular weight is 428 g/mol. The molecule has 2 heterocycles. The zero-order valence-corrected chi connectivity index (χ0v) is 17.5. The molecule has 7 nitrogen and oxygen atoms in total. The number of Topliss-reactive ketones (excluding diaryl/α,β-unsaturated/α-hetero) is 1. The summed E-state index contributed by atoms with van der Waals surface area (Å²) in [6, 6.07) is 5.08. The van der Waals surface area contributed by atoms with Gasteiger partial charge in [0.25, 0.3) is 0 Å². The van der Waals surface area contributed by atoms with E-state index in [9.17, 15) is 9.59 Å². The van der Waals surface area contributed by atoms with Gasteiger partial charge < -0.3 is 11.1 Å². The van der Waals surface area contributed by atoms with E-state index in [1.54, 1.807) is 6.07 Å². The number of nitrogen functional groups attached to an aromatic ring is 1. The molecule has 29 heavy (non-hydrogen) atoms. The van der Waals surface area contributed by atoms with Crippen LogP contribution in [-0.4, -0.2) is 21.8 Å². The van der Waals surface area contributed by atoms with Gasteiger partial charge in [-0.15, -0.1) is 22.7 Å². The second-order valence-corrected chi connectivity index (χ2v) is 8.83. The van der Waals surface area contributed by atoms with Crippen LogP contribution < -0.4 is 16.4 Å². The Morgan fingerprint density at radius 2 is 1.79 bits per heavy atom. The molecule has 2 aromatic heterocycles. The van der Waals surface area contributed by atoms with Gasteiger partial charge in [0.2, 0.25) is 0 Å². The summed E-state index contributed by atoms with van der Waals surface area (Å²) < 4.78 is 0. The van der Waals surface area contributed by atoms with Gasteiger partial charge in [-0.1, -0.05) is 24.5 Å². The van der Waals surface area contributed by atoms with E-state index in [1.165, 1.54) is 22.7 Å². The molecule has 1 saturated carbocycles. The summed E-state index contributed by atoms with van der Waals surface area (Å²) in [6.07, 6.45) is 4.01. The van der Waals surface area contributed by atoms with E-state index in [1.807, 2.05) is 29.8 Å². The molecule has 0 spiro atoms. The van der Waals surface area contributed by atoms with E-state index in [0.29, 0.717) is 32.9 Å². The number of aryl methyl sites for hydroxylation is 1. The highest BCUT2D eigenvalue weighted by Crippen LogP contribution is 2.31. The van der Waals surface area contributed by atoms with Crippen LogP contribution in [0.4, 0.5) is 20.7 Å². The smallest absolute Gasteiger partial charge is 0.325 e. The number of carbonyl (C=O) groups excluding carboxylic acids is 2. The fourth-order valence-electron chi connectivity index (χ4n) is 3.48. The molecule has 2 amide bonds. The zero-order valence-electron chi connectivity index (χ0n) is 15.9. The molecular formula is C20H21N5O2S2. The van der Waals surface area contributed by atoms with Crippen molar-refractivity contribution in [2.24, 2.45) is 5.92 Å². The van der Waals surface area contributed by atoms with Crippen molar-refractivity contribution in [3.8, 4) is 11.4 Å². The Bertz CT molecular complexity index is 1050. The molecule has 0 bridgehead atoms. The monoisotopic (exact) mass is 427 g/mol. The Balaban J connectivity index is 1.47. The highest BCUT2D eigenvalue weighted by molar-refractivity contribution is 7.14. The van der Waals surface area contributed by atoms with Gasteiger partial charge in [0.05, 0.1) is 5.69 Å². The summed E-state index contributed by atoms with van der Waals surface area (Å²) in [6.45, 7) is 1.94. The molecule has 0 saturated heterocycles. The van der Waals surface area contributed by atoms with Gasteiger partial charge >= 0.3 is 6.03 Å². The highest BCUT2D eigenvalue weighted by Gasteiger charge is 2.26. The molecule has 0 radical (unpaired) electrons. The van der Waals surface area contributed by atoms with Crippen molar-refractivity contribution < 1.29 is 9.59 Å². The number of thiazole rings is 2. The van der Waals surface area contributed by atoms with Crippen molar-refractivity contribution in [1.29, 1.82) is 0 Å². The Morgan fingerprint density at radius 3 is 2.52 bits per heavy atom. The summed E-state index contributed by atoms with van der Waals surface area (Å²) in [5.41, 5.74) is 9.08. The minimum absolute atomic E-state index is 0.0486. The molecule has 4 rings (SSSR count). The van der Waals surface area contributed by atoms with Crippen LogP contribution in [0.5, 0.6) is 0 Å². The summed E-state index contributed by atoms with van der Waals surface area (Å²) >= 11 is 2.64. The maximum atomic E-state index is 12.9. The number of nitrogens with zero attached hydrogens (tertiary/aromatic N) is 2. The van der Waals surface area contributed by atoms with Crippen LogP contribution in [0.1, 0.15) is 41.6 Å². The third kappa shape index (κ3) is 4.46.